The molecule has 0 unspecified atom stereocenters. The van der Waals surface area contributed by atoms with Crippen molar-refractivity contribution in [1.29, 1.82) is 0 Å². The molecule has 10 nitrogen and oxygen atoms in total. The number of hydrogen-bond acceptors (Lipinski definition) is 9. The summed E-state index contributed by atoms with van der Waals surface area (Å²) in [5.41, 5.74) is -0.0508. The zero-order chi connectivity index (χ0) is 24.4. The quantitative estimate of drug-likeness (QED) is 0.536. The van der Waals surface area contributed by atoms with Gasteiger partial charge in [-0.2, -0.15) is 0 Å². The molecule has 3 heterocycles. The minimum absolute atomic E-state index is 0.0360. The van der Waals surface area contributed by atoms with E-state index < -0.39 is 18.5 Å². The van der Waals surface area contributed by atoms with Crippen LogP contribution in [-0.2, 0) is 5.60 Å². The average molecular weight is 433 g/mol. The molecule has 0 aromatic carbocycles. The highest BCUT2D eigenvalue weighted by molar-refractivity contribution is 6.29. The Balaban J connectivity index is 2.01. The Morgan fingerprint density at radius 1 is 1.27 bits per heavy atom. The van der Waals surface area contributed by atoms with Crippen LogP contribution in [-0.4, -0.2) is 50.2 Å². The summed E-state index contributed by atoms with van der Waals surface area (Å²) >= 11 is 5.93. The monoisotopic (exact) mass is 432 g/mol. The third-order valence-corrected chi connectivity index (χ3v) is 4.19. The molecule has 156 valence electrons. The van der Waals surface area contributed by atoms with Crippen LogP contribution in [0.3, 0.4) is 0 Å². The fourth-order valence-electron chi connectivity index (χ4n) is 2.55. The van der Waals surface area contributed by atoms with E-state index in [0.717, 1.165) is 0 Å². The van der Waals surface area contributed by atoms with E-state index >= 15 is 0 Å². The molecular formula is C19H20ClN7O3. The fourth-order valence-corrected chi connectivity index (χ4v) is 2.69. The lowest BCUT2D eigenvalue weighted by molar-refractivity contribution is 0.0734. The van der Waals surface area contributed by atoms with E-state index in [4.69, 9.17) is 20.5 Å². The van der Waals surface area contributed by atoms with E-state index in [9.17, 15) is 9.90 Å². The van der Waals surface area contributed by atoms with E-state index in [0.29, 0.717) is 17.0 Å². The number of carbonyl (C=O) groups excluding carboxylic acids is 1. The van der Waals surface area contributed by atoms with Gasteiger partial charge in [0.2, 0.25) is 0 Å². The maximum absolute atomic E-state index is 12.4. The number of amides is 1. The molecule has 0 fully saturated rings. The van der Waals surface area contributed by atoms with Crippen LogP contribution in [0.4, 0.5) is 11.5 Å². The summed E-state index contributed by atoms with van der Waals surface area (Å²) in [6.07, 6.45) is 4.41. The number of anilines is 2. The topological polar surface area (TPSA) is 135 Å². The molecule has 3 aromatic rings. The predicted molar refractivity (Wildman–Crippen MR) is 111 cm³/mol. The number of ether oxygens (including phenoxy) is 1. The van der Waals surface area contributed by atoms with Crippen molar-refractivity contribution < 1.29 is 18.8 Å². The van der Waals surface area contributed by atoms with Crippen molar-refractivity contribution in [3.05, 3.63) is 47.3 Å². The van der Waals surface area contributed by atoms with Crippen LogP contribution in [0.5, 0.6) is 5.75 Å². The summed E-state index contributed by atoms with van der Waals surface area (Å²) in [4.78, 5) is 25.2. The molecule has 11 heteroatoms. The van der Waals surface area contributed by atoms with Gasteiger partial charge in [-0.15, -0.1) is 10.2 Å². The largest absolute Gasteiger partial charge is 0.492 e. The molecule has 0 spiro atoms. The van der Waals surface area contributed by atoms with E-state index in [-0.39, 0.29) is 28.1 Å². The molecule has 0 radical (unpaired) electrons. The van der Waals surface area contributed by atoms with Crippen molar-refractivity contribution in [3.63, 3.8) is 0 Å². The average Bonchev–Trinajstić information content (AvgIpc) is 2.72. The number of methoxy groups -OCH3 is 1. The van der Waals surface area contributed by atoms with Crippen LogP contribution >= 0.6 is 11.6 Å². The van der Waals surface area contributed by atoms with Gasteiger partial charge in [-0.05, 0) is 19.9 Å². The third kappa shape index (κ3) is 4.44. The van der Waals surface area contributed by atoms with E-state index in [2.05, 4.69) is 30.5 Å². The lowest BCUT2D eigenvalue weighted by Gasteiger charge is -2.17. The highest BCUT2D eigenvalue weighted by atomic mass is 35.5. The number of carbonyl (C=O) groups is 1. The van der Waals surface area contributed by atoms with Crippen LogP contribution in [0.2, 0.25) is 5.15 Å². The summed E-state index contributed by atoms with van der Waals surface area (Å²) in [7, 11) is 1.42. The van der Waals surface area contributed by atoms with Gasteiger partial charge in [-0.3, -0.25) is 14.8 Å². The second-order valence-corrected chi connectivity index (χ2v) is 6.98. The van der Waals surface area contributed by atoms with E-state index in [1.54, 1.807) is 19.9 Å². The first-order valence-electron chi connectivity index (χ1n) is 10.1. The molecule has 0 aliphatic rings. The van der Waals surface area contributed by atoms with E-state index in [1.165, 1.54) is 31.8 Å². The minimum Gasteiger partial charge on any atom is -0.492 e. The van der Waals surface area contributed by atoms with Gasteiger partial charge in [-0.1, -0.05) is 11.6 Å². The number of pyridine rings is 1. The Labute approximate surface area is 181 Å². The Hall–Kier alpha value is -3.37. The molecule has 3 N–H and O–H groups in total. The Kier molecular flexibility index (Phi) is 4.99. The minimum atomic E-state index is -2.72. The maximum atomic E-state index is 12.4. The SMILES string of the molecule is [2H]C([2H])([2H])NC(=O)c1nnc(Cl)cc1Nc1nccc(-c2cnc(C(C)(C)O)cn2)c1OC. The Morgan fingerprint density at radius 2 is 2.07 bits per heavy atom. The lowest BCUT2D eigenvalue weighted by Crippen LogP contribution is -2.21. The second-order valence-electron chi connectivity index (χ2n) is 6.59. The number of halogens is 1. The fraction of sp³-hybridized carbons (Fsp3) is 0.263. The van der Waals surface area contributed by atoms with Gasteiger partial charge in [0, 0.05) is 28.9 Å². The predicted octanol–water partition coefficient (Wildman–Crippen LogP) is 2.32. The highest BCUT2D eigenvalue weighted by Gasteiger charge is 2.21. The van der Waals surface area contributed by atoms with Gasteiger partial charge in [-0.25, -0.2) is 4.98 Å². The van der Waals surface area contributed by atoms with Crippen LogP contribution in [0.15, 0.2) is 30.7 Å². The van der Waals surface area contributed by atoms with Crippen LogP contribution < -0.4 is 15.4 Å². The van der Waals surface area contributed by atoms with Gasteiger partial charge >= 0.3 is 0 Å². The summed E-state index contributed by atoms with van der Waals surface area (Å²) in [5, 5.41) is 22.1. The van der Waals surface area contributed by atoms with Crippen molar-refractivity contribution in [2.45, 2.75) is 19.4 Å². The number of aliphatic hydroxyl groups is 1. The lowest BCUT2D eigenvalue weighted by atomic mass is 10.1. The summed E-state index contributed by atoms with van der Waals surface area (Å²) < 4.78 is 27.2. The molecule has 30 heavy (non-hydrogen) atoms. The molecule has 1 amide bonds. The third-order valence-electron chi connectivity index (χ3n) is 4.01. The molecule has 0 bridgehead atoms. The van der Waals surface area contributed by atoms with Crippen molar-refractivity contribution >= 4 is 29.0 Å². The first-order chi connectivity index (χ1) is 15.4. The van der Waals surface area contributed by atoms with Gasteiger partial charge in [0.25, 0.3) is 5.91 Å². The second kappa shape index (κ2) is 8.56. The summed E-state index contributed by atoms with van der Waals surface area (Å²) in [6, 6.07) is 2.95. The molecule has 3 aromatic heterocycles. The molecule has 0 atom stereocenters. The number of nitrogens with zero attached hydrogens (tertiary/aromatic N) is 5. The van der Waals surface area contributed by atoms with Gasteiger partial charge in [0.05, 0.1) is 36.6 Å². The number of rotatable bonds is 6. The first-order valence-corrected chi connectivity index (χ1v) is 8.98. The van der Waals surface area contributed by atoms with Crippen LogP contribution in [0, 0.1) is 0 Å². The molecular weight excluding hydrogens is 410 g/mol. The standard InChI is InChI=1S/C19H20ClN7O3/c1-19(2,29)13-9-23-12(8-24-13)10-5-6-22-17(16(10)30-4)25-11-7-14(20)26-27-15(11)18(28)21-3/h5-9,29H,1-4H3,(H,21,28)(H,22,25,26)/i3D3. The van der Waals surface area contributed by atoms with Crippen LogP contribution in [0.1, 0.15) is 34.1 Å². The van der Waals surface area contributed by atoms with E-state index in [1.807, 2.05) is 5.32 Å². The van der Waals surface area contributed by atoms with Crippen LogP contribution in [0.25, 0.3) is 11.3 Å². The number of hydrogen-bond donors (Lipinski definition) is 3. The van der Waals surface area contributed by atoms with Gasteiger partial charge in [0.1, 0.15) is 5.60 Å². The molecule has 0 saturated carbocycles. The molecule has 0 aliphatic carbocycles. The van der Waals surface area contributed by atoms with Gasteiger partial charge in [0.15, 0.2) is 22.4 Å². The molecule has 0 aliphatic heterocycles. The van der Waals surface area contributed by atoms with Crippen molar-refractivity contribution in [2.75, 3.05) is 19.4 Å². The summed E-state index contributed by atoms with van der Waals surface area (Å²) in [5.74, 6) is -0.543. The zero-order valence-corrected chi connectivity index (χ0v) is 17.0. The number of nitrogens with one attached hydrogen (secondary N) is 2. The Bertz CT molecular complexity index is 1170. The Morgan fingerprint density at radius 3 is 2.70 bits per heavy atom. The maximum Gasteiger partial charge on any atom is 0.273 e. The smallest absolute Gasteiger partial charge is 0.273 e. The number of aromatic nitrogens is 5. The highest BCUT2D eigenvalue weighted by Crippen LogP contribution is 2.36. The van der Waals surface area contributed by atoms with Crippen molar-refractivity contribution in [2.24, 2.45) is 0 Å². The van der Waals surface area contributed by atoms with Crippen molar-refractivity contribution in [1.82, 2.24) is 30.5 Å². The molecule has 0 saturated heterocycles. The van der Waals surface area contributed by atoms with Gasteiger partial charge < -0.3 is 20.5 Å². The normalized spacial score (nSPS) is 13.0. The first kappa shape index (κ1) is 17.5. The molecule has 3 rings (SSSR count). The zero-order valence-electron chi connectivity index (χ0n) is 19.3. The summed E-state index contributed by atoms with van der Waals surface area (Å²) in [6.45, 7) is 0.471. The van der Waals surface area contributed by atoms with Crippen molar-refractivity contribution in [3.8, 4) is 17.0 Å².